The molecule has 0 radical (unpaired) electrons. The van der Waals surface area contributed by atoms with Gasteiger partial charge in [-0.05, 0) is 57.3 Å². The fraction of sp³-hybridized carbons (Fsp3) is 0.647. The molecule has 0 aliphatic heterocycles. The molecular formula is C17H27NO4S2. The summed E-state index contributed by atoms with van der Waals surface area (Å²) in [5, 5.41) is 28.6. The average molecular weight is 374 g/mol. The van der Waals surface area contributed by atoms with Gasteiger partial charge in [0.05, 0.1) is 10.5 Å². The zero-order chi connectivity index (χ0) is 18.3. The lowest BCUT2D eigenvalue weighted by Crippen LogP contribution is -2.18. The second-order valence-corrected chi connectivity index (χ2v) is 8.42. The Morgan fingerprint density at radius 1 is 1.42 bits per heavy atom. The van der Waals surface area contributed by atoms with Crippen LogP contribution >= 0.6 is 23.6 Å². The average Bonchev–Trinajstić information content (AvgIpc) is 2.70. The van der Waals surface area contributed by atoms with Crippen molar-refractivity contribution in [3.63, 3.8) is 0 Å². The van der Waals surface area contributed by atoms with Crippen LogP contribution in [0.4, 0.5) is 0 Å². The molecule has 1 aromatic heterocycles. The van der Waals surface area contributed by atoms with E-state index in [2.05, 4.69) is 6.92 Å². The van der Waals surface area contributed by atoms with Gasteiger partial charge >= 0.3 is 5.97 Å². The molecule has 5 nitrogen and oxygen atoms in total. The van der Waals surface area contributed by atoms with Crippen LogP contribution in [0.3, 0.4) is 0 Å². The number of carboxylic acids is 1. The molecule has 0 aliphatic carbocycles. The van der Waals surface area contributed by atoms with Crippen LogP contribution in [0.5, 0.6) is 5.88 Å². The Labute approximate surface area is 152 Å². The summed E-state index contributed by atoms with van der Waals surface area (Å²) in [6.45, 7) is 6.13. The third kappa shape index (κ3) is 7.59. The number of aromatic nitrogens is 1. The van der Waals surface area contributed by atoms with Crippen LogP contribution in [0.2, 0.25) is 0 Å². The van der Waals surface area contributed by atoms with E-state index in [0.29, 0.717) is 27.7 Å². The van der Waals surface area contributed by atoms with Gasteiger partial charge in [-0.1, -0.05) is 19.4 Å². The molecule has 0 aromatic carbocycles. The van der Waals surface area contributed by atoms with Gasteiger partial charge < -0.3 is 15.3 Å². The maximum absolute atomic E-state index is 10.6. The van der Waals surface area contributed by atoms with Crippen LogP contribution in [-0.4, -0.2) is 31.5 Å². The number of hydrogen-bond donors (Lipinski definition) is 3. The van der Waals surface area contributed by atoms with E-state index < -0.39 is 11.6 Å². The van der Waals surface area contributed by atoms with Crippen LogP contribution in [0.1, 0.15) is 57.8 Å². The van der Waals surface area contributed by atoms with E-state index in [9.17, 15) is 15.0 Å². The van der Waals surface area contributed by atoms with E-state index in [4.69, 9.17) is 17.3 Å². The maximum atomic E-state index is 10.6. The summed E-state index contributed by atoms with van der Waals surface area (Å²) in [4.78, 5) is 11.3. The Morgan fingerprint density at radius 2 is 2.08 bits per heavy atom. The number of carboxylic acid groups (broad SMARTS) is 1. The Morgan fingerprint density at radius 3 is 2.67 bits per heavy atom. The molecule has 0 saturated heterocycles. The largest absolute Gasteiger partial charge is 0.493 e. The fourth-order valence-corrected chi connectivity index (χ4v) is 3.58. The molecule has 1 heterocycles. The normalized spacial score (nSPS) is 13.5. The summed E-state index contributed by atoms with van der Waals surface area (Å²) in [5.41, 5.74) is -0.631. The topological polar surface area (TPSA) is 82.7 Å². The van der Waals surface area contributed by atoms with Gasteiger partial charge in [-0.3, -0.25) is 9.36 Å². The summed E-state index contributed by atoms with van der Waals surface area (Å²) in [7, 11) is 0. The number of allylic oxidation sites excluding steroid dienone is 1. The maximum Gasteiger partial charge on any atom is 0.303 e. The predicted octanol–water partition coefficient (Wildman–Crippen LogP) is 4.44. The smallest absolute Gasteiger partial charge is 0.303 e. The molecule has 136 valence electrons. The number of hydrogen-bond acceptors (Lipinski definition) is 5. The molecular weight excluding hydrogens is 346 g/mol. The number of aliphatic carboxylic acids is 1. The van der Waals surface area contributed by atoms with Gasteiger partial charge in [0.1, 0.15) is 0 Å². The Hall–Kier alpha value is -1.18. The summed E-state index contributed by atoms with van der Waals surface area (Å²) < 4.78 is 2.13. The minimum absolute atomic E-state index is 0.0560. The van der Waals surface area contributed by atoms with Gasteiger partial charge in [0, 0.05) is 13.0 Å². The monoisotopic (exact) mass is 373 g/mol. The molecule has 0 saturated carbocycles. The summed E-state index contributed by atoms with van der Waals surface area (Å²) in [6, 6.07) is 0. The van der Waals surface area contributed by atoms with Gasteiger partial charge in [0.15, 0.2) is 3.95 Å². The van der Waals surface area contributed by atoms with Crippen molar-refractivity contribution in [1.82, 2.24) is 4.57 Å². The first-order valence-electron chi connectivity index (χ1n) is 8.15. The van der Waals surface area contributed by atoms with Crippen molar-refractivity contribution in [1.29, 1.82) is 0 Å². The number of rotatable bonds is 10. The van der Waals surface area contributed by atoms with E-state index in [-0.39, 0.29) is 12.3 Å². The quantitative estimate of drug-likeness (QED) is 0.528. The minimum atomic E-state index is -0.851. The second-order valence-electron chi connectivity index (χ2n) is 6.75. The second kappa shape index (κ2) is 9.34. The summed E-state index contributed by atoms with van der Waals surface area (Å²) in [5.74, 6) is -0.408. The molecule has 0 amide bonds. The number of thiazole rings is 1. The molecule has 7 heteroatoms. The van der Waals surface area contributed by atoms with Gasteiger partial charge in [0.25, 0.3) is 0 Å². The Balaban J connectivity index is 2.61. The summed E-state index contributed by atoms with van der Waals surface area (Å²) in [6.07, 6.45) is 7.06. The first kappa shape index (κ1) is 20.9. The lowest BCUT2D eigenvalue weighted by atomic mass is 9.97. The molecule has 0 bridgehead atoms. The fourth-order valence-electron chi connectivity index (χ4n) is 2.31. The molecule has 0 spiro atoms. The van der Waals surface area contributed by atoms with Crippen molar-refractivity contribution < 1.29 is 20.1 Å². The lowest BCUT2D eigenvalue weighted by molar-refractivity contribution is -0.137. The van der Waals surface area contributed by atoms with E-state index in [1.165, 1.54) is 11.3 Å². The highest BCUT2D eigenvalue weighted by atomic mass is 32.1. The van der Waals surface area contributed by atoms with Crippen molar-refractivity contribution in [3.05, 3.63) is 14.9 Å². The molecule has 0 fully saturated rings. The first-order valence-corrected chi connectivity index (χ1v) is 9.37. The van der Waals surface area contributed by atoms with E-state index in [0.717, 1.165) is 19.3 Å². The highest BCUT2D eigenvalue weighted by Crippen LogP contribution is 2.28. The zero-order valence-corrected chi connectivity index (χ0v) is 16.1. The van der Waals surface area contributed by atoms with Gasteiger partial charge in [-0.25, -0.2) is 0 Å². The van der Waals surface area contributed by atoms with Gasteiger partial charge in [-0.2, -0.15) is 0 Å². The van der Waals surface area contributed by atoms with Crippen molar-refractivity contribution in [2.75, 3.05) is 0 Å². The highest BCUT2D eigenvalue weighted by Gasteiger charge is 2.13. The number of aromatic hydroxyl groups is 1. The summed E-state index contributed by atoms with van der Waals surface area (Å²) >= 11 is 6.57. The number of nitrogens with zero attached hydrogens (tertiary/aromatic N) is 1. The van der Waals surface area contributed by atoms with Crippen LogP contribution in [0.25, 0.3) is 6.08 Å². The van der Waals surface area contributed by atoms with Crippen LogP contribution in [0.15, 0.2) is 6.08 Å². The highest BCUT2D eigenvalue weighted by molar-refractivity contribution is 7.73. The van der Waals surface area contributed by atoms with Gasteiger partial charge in [-0.15, -0.1) is 11.3 Å². The van der Waals surface area contributed by atoms with Crippen LogP contribution in [-0.2, 0) is 11.3 Å². The van der Waals surface area contributed by atoms with Crippen molar-refractivity contribution >= 4 is 35.6 Å². The van der Waals surface area contributed by atoms with Crippen LogP contribution < -0.4 is 0 Å². The zero-order valence-electron chi connectivity index (χ0n) is 14.5. The standard InChI is InChI=1S/C17H27NO4S2/c1-12(6-4-10-17(2,3)22)8-9-13-15(21)18(16(23)24-13)11-5-7-14(19)20/h8-9,12,21-22H,4-7,10-11H2,1-3H3,(H,19,20). The predicted molar refractivity (Wildman–Crippen MR) is 100 cm³/mol. The minimum Gasteiger partial charge on any atom is -0.493 e. The van der Waals surface area contributed by atoms with Crippen molar-refractivity contribution in [2.24, 2.45) is 5.92 Å². The third-order valence-electron chi connectivity index (χ3n) is 3.69. The van der Waals surface area contributed by atoms with Crippen molar-refractivity contribution in [2.45, 2.75) is 65.0 Å². The number of aliphatic hydroxyl groups is 1. The third-order valence-corrected chi connectivity index (χ3v) is 5.09. The molecule has 1 aromatic rings. The molecule has 1 unspecified atom stereocenters. The van der Waals surface area contributed by atoms with E-state index in [1.807, 2.05) is 26.0 Å². The van der Waals surface area contributed by atoms with Crippen molar-refractivity contribution in [3.8, 4) is 5.88 Å². The number of carbonyl (C=O) groups is 1. The molecule has 24 heavy (non-hydrogen) atoms. The molecule has 0 aliphatic rings. The SMILES string of the molecule is CC(C=Cc1sc(=S)n(CCCC(=O)O)c1O)CCCC(C)(C)O. The molecule has 3 N–H and O–H groups in total. The Kier molecular flexibility index (Phi) is 8.12. The van der Waals surface area contributed by atoms with E-state index in [1.54, 1.807) is 4.57 Å². The Bertz CT molecular complexity index is 626. The lowest BCUT2D eigenvalue weighted by Gasteiger charge is -2.17. The van der Waals surface area contributed by atoms with Crippen LogP contribution in [0, 0.1) is 9.87 Å². The molecule has 1 rings (SSSR count). The first-order chi connectivity index (χ1) is 11.1. The molecule has 1 atom stereocenters. The van der Waals surface area contributed by atoms with Gasteiger partial charge in [0.2, 0.25) is 5.88 Å². The van der Waals surface area contributed by atoms with E-state index >= 15 is 0 Å².